The molecule has 1 aliphatic heterocycles. The van der Waals surface area contributed by atoms with Crippen molar-refractivity contribution in [3.05, 3.63) is 65.2 Å². The fourth-order valence-corrected chi connectivity index (χ4v) is 4.88. The molecule has 176 valence electrons. The van der Waals surface area contributed by atoms with Gasteiger partial charge in [-0.3, -0.25) is 4.79 Å². The van der Waals surface area contributed by atoms with Crippen LogP contribution in [0.4, 0.5) is 0 Å². The first kappa shape index (κ1) is 24.6. The first-order valence-electron chi connectivity index (χ1n) is 10.6. The third-order valence-electron chi connectivity index (χ3n) is 5.22. The van der Waals surface area contributed by atoms with Gasteiger partial charge in [0.2, 0.25) is 10.0 Å². The molecule has 0 bridgehead atoms. The molecule has 0 saturated carbocycles. The van der Waals surface area contributed by atoms with Gasteiger partial charge >= 0.3 is 5.97 Å². The fraction of sp³-hybridized carbons (Fsp3) is 0.333. The largest absolute Gasteiger partial charge is 0.495 e. The molecule has 2 aromatic rings. The summed E-state index contributed by atoms with van der Waals surface area (Å²) in [6.07, 6.45) is 3.45. The molecule has 33 heavy (non-hydrogen) atoms. The number of esters is 1. The van der Waals surface area contributed by atoms with Crippen molar-refractivity contribution in [2.75, 3.05) is 40.0 Å². The number of aryl methyl sites for hydroxylation is 1. The number of methoxy groups -OCH3 is 1. The van der Waals surface area contributed by atoms with E-state index in [9.17, 15) is 18.0 Å². The van der Waals surface area contributed by atoms with Gasteiger partial charge in [0.05, 0.1) is 20.3 Å². The lowest BCUT2D eigenvalue weighted by Gasteiger charge is -2.26. The topological polar surface area (TPSA) is 99.2 Å². The summed E-state index contributed by atoms with van der Waals surface area (Å²) in [6.45, 7) is 2.81. The molecule has 0 amide bonds. The van der Waals surface area contributed by atoms with Crippen molar-refractivity contribution in [3.63, 3.8) is 0 Å². The van der Waals surface area contributed by atoms with Crippen molar-refractivity contribution >= 4 is 27.9 Å². The molecule has 3 rings (SSSR count). The molecule has 9 heteroatoms. The Kier molecular flexibility index (Phi) is 8.37. The summed E-state index contributed by atoms with van der Waals surface area (Å²) < 4.78 is 42.9. The molecule has 2 aromatic carbocycles. The highest BCUT2D eigenvalue weighted by Gasteiger charge is 2.29. The zero-order valence-corrected chi connectivity index (χ0v) is 19.5. The molecule has 1 heterocycles. The summed E-state index contributed by atoms with van der Waals surface area (Å²) in [5.74, 6) is -0.800. The van der Waals surface area contributed by atoms with Gasteiger partial charge in [0, 0.05) is 24.7 Å². The zero-order chi connectivity index (χ0) is 23.8. The number of ketones is 1. The quantitative estimate of drug-likeness (QED) is 0.314. The van der Waals surface area contributed by atoms with Crippen molar-refractivity contribution in [1.82, 2.24) is 4.31 Å². The number of Topliss-reactive ketones (excluding diaryl/α,β-unsaturated/α-hetero) is 1. The van der Waals surface area contributed by atoms with Gasteiger partial charge in [-0.25, -0.2) is 13.2 Å². The fourth-order valence-electron chi connectivity index (χ4n) is 3.28. The van der Waals surface area contributed by atoms with E-state index < -0.39 is 16.0 Å². The van der Waals surface area contributed by atoms with Gasteiger partial charge in [-0.05, 0) is 35.8 Å². The molecule has 0 unspecified atom stereocenters. The Morgan fingerprint density at radius 1 is 1.09 bits per heavy atom. The standard InChI is InChI=1S/C24H27NO7S/c1-3-18-4-8-20(9-5-18)21(26)17-32-24(27)11-7-19-6-10-22(30-2)23(16-19)33(28,29)25-12-14-31-15-13-25/h4-11,16H,3,12-15,17H2,1-2H3. The monoisotopic (exact) mass is 473 g/mol. The van der Waals surface area contributed by atoms with E-state index in [2.05, 4.69) is 0 Å². The minimum Gasteiger partial charge on any atom is -0.495 e. The maximum atomic E-state index is 13.0. The highest BCUT2D eigenvalue weighted by molar-refractivity contribution is 7.89. The number of hydrogen-bond donors (Lipinski definition) is 0. The van der Waals surface area contributed by atoms with E-state index in [1.807, 2.05) is 19.1 Å². The van der Waals surface area contributed by atoms with Crippen LogP contribution >= 0.6 is 0 Å². The minimum atomic E-state index is -3.79. The lowest BCUT2D eigenvalue weighted by molar-refractivity contribution is -0.136. The summed E-state index contributed by atoms with van der Waals surface area (Å²) in [4.78, 5) is 24.3. The van der Waals surface area contributed by atoms with E-state index in [0.717, 1.165) is 18.1 Å². The van der Waals surface area contributed by atoms with E-state index in [0.29, 0.717) is 24.3 Å². The lowest BCUT2D eigenvalue weighted by atomic mass is 10.1. The third-order valence-corrected chi connectivity index (χ3v) is 7.14. The van der Waals surface area contributed by atoms with Crippen LogP contribution in [0.15, 0.2) is 53.4 Å². The normalized spacial score (nSPS) is 14.8. The van der Waals surface area contributed by atoms with Crippen molar-refractivity contribution < 1.29 is 32.2 Å². The second-order valence-electron chi connectivity index (χ2n) is 7.34. The molecular formula is C24H27NO7S. The van der Waals surface area contributed by atoms with Crippen LogP contribution in [0.2, 0.25) is 0 Å². The number of nitrogens with zero attached hydrogens (tertiary/aromatic N) is 1. The SMILES string of the molecule is CCc1ccc(C(=O)COC(=O)C=Cc2ccc(OC)c(S(=O)(=O)N3CCOCC3)c2)cc1. The van der Waals surface area contributed by atoms with Crippen LogP contribution in [-0.4, -0.2) is 64.5 Å². The highest BCUT2D eigenvalue weighted by atomic mass is 32.2. The molecule has 0 atom stereocenters. The van der Waals surface area contributed by atoms with E-state index in [1.54, 1.807) is 18.2 Å². The van der Waals surface area contributed by atoms with E-state index in [-0.39, 0.29) is 36.1 Å². The van der Waals surface area contributed by atoms with E-state index in [1.165, 1.54) is 29.6 Å². The predicted octanol–water partition coefficient (Wildman–Crippen LogP) is 2.72. The molecule has 1 aliphatic rings. The Balaban J connectivity index is 1.67. The number of morpholine rings is 1. The average Bonchev–Trinajstić information content (AvgIpc) is 2.86. The van der Waals surface area contributed by atoms with Gasteiger partial charge in [-0.2, -0.15) is 4.31 Å². The lowest BCUT2D eigenvalue weighted by Crippen LogP contribution is -2.40. The summed E-state index contributed by atoms with van der Waals surface area (Å²) in [7, 11) is -2.39. The highest BCUT2D eigenvalue weighted by Crippen LogP contribution is 2.28. The molecule has 0 N–H and O–H groups in total. The van der Waals surface area contributed by atoms with Crippen LogP contribution < -0.4 is 4.74 Å². The maximum absolute atomic E-state index is 13.0. The summed E-state index contributed by atoms with van der Waals surface area (Å²) >= 11 is 0. The van der Waals surface area contributed by atoms with Crippen molar-refractivity contribution in [2.24, 2.45) is 0 Å². The van der Waals surface area contributed by atoms with Crippen molar-refractivity contribution in [1.29, 1.82) is 0 Å². The number of rotatable bonds is 9. The Morgan fingerprint density at radius 3 is 2.42 bits per heavy atom. The molecule has 0 aromatic heterocycles. The predicted molar refractivity (Wildman–Crippen MR) is 123 cm³/mol. The number of carbonyl (C=O) groups is 2. The van der Waals surface area contributed by atoms with E-state index >= 15 is 0 Å². The number of sulfonamides is 1. The van der Waals surface area contributed by atoms with Crippen LogP contribution in [0.5, 0.6) is 5.75 Å². The minimum absolute atomic E-state index is 0.00752. The number of benzene rings is 2. The molecular weight excluding hydrogens is 446 g/mol. The Hall–Kier alpha value is -3.01. The van der Waals surface area contributed by atoms with Crippen LogP contribution in [0, 0.1) is 0 Å². The number of carbonyl (C=O) groups excluding carboxylic acids is 2. The van der Waals surface area contributed by atoms with Gasteiger partial charge in [0.25, 0.3) is 0 Å². The first-order valence-corrected chi connectivity index (χ1v) is 12.0. The van der Waals surface area contributed by atoms with Gasteiger partial charge in [-0.1, -0.05) is 37.3 Å². The van der Waals surface area contributed by atoms with Gasteiger partial charge in [0.1, 0.15) is 10.6 Å². The van der Waals surface area contributed by atoms with Crippen molar-refractivity contribution in [3.8, 4) is 5.75 Å². The molecule has 1 saturated heterocycles. The van der Waals surface area contributed by atoms with Gasteiger partial charge in [-0.15, -0.1) is 0 Å². The second kappa shape index (κ2) is 11.2. The first-order chi connectivity index (χ1) is 15.8. The summed E-state index contributed by atoms with van der Waals surface area (Å²) in [6, 6.07) is 11.7. The molecule has 0 radical (unpaired) electrons. The second-order valence-corrected chi connectivity index (χ2v) is 9.25. The average molecular weight is 474 g/mol. The van der Waals surface area contributed by atoms with Crippen LogP contribution in [0.3, 0.4) is 0 Å². The number of hydrogen-bond acceptors (Lipinski definition) is 7. The third kappa shape index (κ3) is 6.28. The zero-order valence-electron chi connectivity index (χ0n) is 18.7. The number of ether oxygens (including phenoxy) is 3. The van der Waals surface area contributed by atoms with E-state index in [4.69, 9.17) is 14.2 Å². The summed E-state index contributed by atoms with van der Waals surface area (Å²) in [5, 5.41) is 0. The van der Waals surface area contributed by atoms with Crippen LogP contribution in [0.1, 0.15) is 28.4 Å². The Morgan fingerprint density at radius 2 is 1.79 bits per heavy atom. The molecule has 0 aliphatic carbocycles. The Bertz CT molecular complexity index is 1120. The van der Waals surface area contributed by atoms with Gasteiger partial charge < -0.3 is 14.2 Å². The molecule has 1 fully saturated rings. The van der Waals surface area contributed by atoms with Crippen LogP contribution in [0.25, 0.3) is 6.08 Å². The smallest absolute Gasteiger partial charge is 0.331 e. The summed E-state index contributed by atoms with van der Waals surface area (Å²) in [5.41, 5.74) is 2.05. The van der Waals surface area contributed by atoms with Crippen molar-refractivity contribution in [2.45, 2.75) is 18.2 Å². The maximum Gasteiger partial charge on any atom is 0.331 e. The van der Waals surface area contributed by atoms with Gasteiger partial charge in [0.15, 0.2) is 12.4 Å². The Labute approximate surface area is 193 Å². The molecule has 8 nitrogen and oxygen atoms in total. The van der Waals surface area contributed by atoms with Crippen LogP contribution in [-0.2, 0) is 30.7 Å². The molecule has 0 spiro atoms.